The van der Waals surface area contributed by atoms with Gasteiger partial charge < -0.3 is 16.0 Å². The van der Waals surface area contributed by atoms with Crippen LogP contribution in [0.5, 0.6) is 0 Å². The van der Waals surface area contributed by atoms with E-state index in [1.54, 1.807) is 18.4 Å². The van der Waals surface area contributed by atoms with Gasteiger partial charge in [-0.2, -0.15) is 0 Å². The molecule has 8 heteroatoms. The zero-order valence-electron chi connectivity index (χ0n) is 14.6. The van der Waals surface area contributed by atoms with Gasteiger partial charge in [0.1, 0.15) is 5.01 Å². The van der Waals surface area contributed by atoms with Crippen LogP contribution in [0.15, 0.2) is 35.5 Å². The summed E-state index contributed by atoms with van der Waals surface area (Å²) in [5.41, 5.74) is 2.00. The molecule has 0 saturated heterocycles. The molecule has 0 aliphatic heterocycles. The van der Waals surface area contributed by atoms with Crippen molar-refractivity contribution in [2.45, 2.75) is 26.8 Å². The smallest absolute Gasteiger partial charge is 0.243 e. The minimum atomic E-state index is -0.115. The van der Waals surface area contributed by atoms with Crippen molar-refractivity contribution in [3.63, 3.8) is 0 Å². The molecule has 2 aromatic rings. The number of rotatable bonds is 6. The second-order valence-electron chi connectivity index (χ2n) is 5.25. The summed E-state index contributed by atoms with van der Waals surface area (Å²) >= 11 is 1.63. The van der Waals surface area contributed by atoms with E-state index in [1.165, 1.54) is 10.4 Å². The van der Waals surface area contributed by atoms with Crippen molar-refractivity contribution < 1.29 is 4.79 Å². The Morgan fingerprint density at radius 3 is 2.76 bits per heavy atom. The first-order valence-electron chi connectivity index (χ1n) is 7.85. The highest BCUT2D eigenvalue weighted by atomic mass is 127. The third-order valence-corrected chi connectivity index (χ3v) is 4.25. The Hall–Kier alpha value is -1.68. The second-order valence-corrected chi connectivity index (χ2v) is 6.57. The minimum Gasteiger partial charge on any atom is -0.350 e. The largest absolute Gasteiger partial charge is 0.350 e. The third kappa shape index (κ3) is 7.39. The van der Waals surface area contributed by atoms with Crippen molar-refractivity contribution in [1.29, 1.82) is 0 Å². The Balaban J connectivity index is 0.00000312. The lowest BCUT2D eigenvalue weighted by atomic mass is 10.1. The topological polar surface area (TPSA) is 78.4 Å². The molecule has 6 nitrogen and oxygen atoms in total. The zero-order chi connectivity index (χ0) is 17.4. The average molecular weight is 473 g/mol. The number of amides is 1. The van der Waals surface area contributed by atoms with E-state index in [4.69, 9.17) is 0 Å². The van der Waals surface area contributed by atoms with Crippen molar-refractivity contribution in [1.82, 2.24) is 15.6 Å². The third-order valence-electron chi connectivity index (χ3n) is 3.34. The van der Waals surface area contributed by atoms with Crippen molar-refractivity contribution in [2.24, 2.45) is 4.99 Å². The number of carbonyl (C=O) groups is 1. The van der Waals surface area contributed by atoms with Gasteiger partial charge in [-0.15, -0.1) is 35.3 Å². The number of hydrogen-bond donors (Lipinski definition) is 3. The molecule has 1 aromatic heterocycles. The normalized spacial score (nSPS) is 10.8. The quantitative estimate of drug-likeness (QED) is 0.343. The SMILES string of the molecule is CCc1cccc(NC(=O)CNC(=NC)NCc2ncc(C)s2)c1.I. The Morgan fingerprint density at radius 1 is 1.32 bits per heavy atom. The van der Waals surface area contributed by atoms with Gasteiger partial charge in [0.2, 0.25) is 5.91 Å². The molecule has 0 aliphatic rings. The first-order valence-corrected chi connectivity index (χ1v) is 8.67. The predicted octanol–water partition coefficient (Wildman–Crippen LogP) is 2.94. The van der Waals surface area contributed by atoms with E-state index in [-0.39, 0.29) is 36.4 Å². The van der Waals surface area contributed by atoms with Crippen LogP contribution in [-0.4, -0.2) is 30.4 Å². The standard InChI is InChI=1S/C17H23N5OS.HI/c1-4-13-6-5-7-14(8-13)22-15(23)10-20-17(18-3)21-11-16-19-9-12(2)24-16;/h5-9H,4,10-11H2,1-3H3,(H,22,23)(H2,18,20,21);1H. The van der Waals surface area contributed by atoms with Gasteiger partial charge in [0, 0.05) is 23.8 Å². The summed E-state index contributed by atoms with van der Waals surface area (Å²) < 4.78 is 0. The lowest BCUT2D eigenvalue weighted by Gasteiger charge is -2.11. The molecule has 2 rings (SSSR count). The number of aliphatic imine (C=N–C) groups is 1. The first kappa shape index (κ1) is 21.4. The monoisotopic (exact) mass is 473 g/mol. The summed E-state index contributed by atoms with van der Waals surface area (Å²) in [6.07, 6.45) is 2.78. The van der Waals surface area contributed by atoms with Crippen LogP contribution in [0.2, 0.25) is 0 Å². The molecule has 1 heterocycles. The molecule has 0 radical (unpaired) electrons. The van der Waals surface area contributed by atoms with Crippen molar-refractivity contribution in [3.05, 3.63) is 45.9 Å². The van der Waals surface area contributed by atoms with Crippen molar-refractivity contribution in [2.75, 3.05) is 18.9 Å². The van der Waals surface area contributed by atoms with E-state index < -0.39 is 0 Å². The molecule has 0 saturated carbocycles. The Bertz CT molecular complexity index is 717. The predicted molar refractivity (Wildman–Crippen MR) is 115 cm³/mol. The van der Waals surface area contributed by atoms with Gasteiger partial charge in [-0.1, -0.05) is 19.1 Å². The molecule has 3 N–H and O–H groups in total. The van der Waals surface area contributed by atoms with Gasteiger partial charge in [0.25, 0.3) is 0 Å². The fourth-order valence-electron chi connectivity index (χ4n) is 2.10. The van der Waals surface area contributed by atoms with Crippen molar-refractivity contribution >= 4 is 52.9 Å². The minimum absolute atomic E-state index is 0. The summed E-state index contributed by atoms with van der Waals surface area (Å²) in [6.45, 7) is 4.83. The van der Waals surface area contributed by atoms with Crippen LogP contribution >= 0.6 is 35.3 Å². The lowest BCUT2D eigenvalue weighted by Crippen LogP contribution is -2.41. The molecule has 0 atom stereocenters. The summed E-state index contributed by atoms with van der Waals surface area (Å²) in [7, 11) is 1.67. The van der Waals surface area contributed by atoms with E-state index in [0.29, 0.717) is 12.5 Å². The molecule has 0 unspecified atom stereocenters. The number of aromatic nitrogens is 1. The molecule has 0 bridgehead atoms. The molecular formula is C17H24IN5OS. The summed E-state index contributed by atoms with van der Waals surface area (Å²) in [5.74, 6) is 0.455. The maximum Gasteiger partial charge on any atom is 0.243 e. The summed E-state index contributed by atoms with van der Waals surface area (Å²) in [4.78, 5) is 21.6. The number of guanidine groups is 1. The van der Waals surface area contributed by atoms with E-state index >= 15 is 0 Å². The molecule has 0 spiro atoms. The molecule has 136 valence electrons. The van der Waals surface area contributed by atoms with Crippen LogP contribution in [0.4, 0.5) is 5.69 Å². The zero-order valence-corrected chi connectivity index (χ0v) is 17.8. The number of halogens is 1. The van der Waals surface area contributed by atoms with Crippen LogP contribution < -0.4 is 16.0 Å². The lowest BCUT2D eigenvalue weighted by molar-refractivity contribution is -0.115. The van der Waals surface area contributed by atoms with E-state index in [2.05, 4.69) is 32.9 Å². The second kappa shape index (κ2) is 11.0. The summed E-state index contributed by atoms with van der Waals surface area (Å²) in [6, 6.07) is 7.85. The number of hydrogen-bond acceptors (Lipinski definition) is 4. The Kier molecular flexibility index (Phi) is 9.43. The van der Waals surface area contributed by atoms with Gasteiger partial charge in [-0.25, -0.2) is 4.98 Å². The van der Waals surface area contributed by atoms with E-state index in [9.17, 15) is 4.79 Å². The number of aryl methyl sites for hydroxylation is 2. The fraction of sp³-hybridized carbons (Fsp3) is 0.353. The van der Waals surface area contributed by atoms with E-state index in [0.717, 1.165) is 17.1 Å². The van der Waals surface area contributed by atoms with Gasteiger partial charge in [-0.3, -0.25) is 9.79 Å². The Labute approximate surface area is 169 Å². The highest BCUT2D eigenvalue weighted by molar-refractivity contribution is 14.0. The van der Waals surface area contributed by atoms with Crippen molar-refractivity contribution in [3.8, 4) is 0 Å². The van der Waals surface area contributed by atoms with Crippen LogP contribution in [-0.2, 0) is 17.8 Å². The van der Waals surface area contributed by atoms with Crippen LogP contribution in [0.3, 0.4) is 0 Å². The number of anilines is 1. The maximum absolute atomic E-state index is 12.0. The number of nitrogens with one attached hydrogen (secondary N) is 3. The van der Waals surface area contributed by atoms with Crippen LogP contribution in [0, 0.1) is 6.92 Å². The maximum atomic E-state index is 12.0. The van der Waals surface area contributed by atoms with Gasteiger partial charge in [-0.05, 0) is 31.0 Å². The highest BCUT2D eigenvalue weighted by Crippen LogP contribution is 2.11. The average Bonchev–Trinajstić information content (AvgIpc) is 3.00. The van der Waals surface area contributed by atoms with Gasteiger partial charge in [0.05, 0.1) is 13.1 Å². The van der Waals surface area contributed by atoms with E-state index in [1.807, 2.05) is 37.4 Å². The van der Waals surface area contributed by atoms with Gasteiger partial charge >= 0.3 is 0 Å². The van der Waals surface area contributed by atoms with Crippen LogP contribution in [0.1, 0.15) is 22.4 Å². The number of thiazole rings is 1. The Morgan fingerprint density at radius 2 is 2.12 bits per heavy atom. The molecule has 25 heavy (non-hydrogen) atoms. The number of benzene rings is 1. The first-order chi connectivity index (χ1) is 11.6. The van der Waals surface area contributed by atoms with Crippen LogP contribution in [0.25, 0.3) is 0 Å². The summed E-state index contributed by atoms with van der Waals surface area (Å²) in [5, 5.41) is 10.0. The fourth-order valence-corrected chi connectivity index (χ4v) is 2.83. The highest BCUT2D eigenvalue weighted by Gasteiger charge is 2.06. The molecule has 0 fully saturated rings. The number of carbonyl (C=O) groups excluding carboxylic acids is 1. The number of nitrogens with zero attached hydrogens (tertiary/aromatic N) is 2. The molecular weight excluding hydrogens is 449 g/mol. The molecule has 1 amide bonds. The molecule has 1 aromatic carbocycles. The van der Waals surface area contributed by atoms with Gasteiger partial charge in [0.15, 0.2) is 5.96 Å². The molecule has 0 aliphatic carbocycles.